The van der Waals surface area contributed by atoms with Gasteiger partial charge in [0.25, 0.3) is 5.91 Å². The molecule has 178 valence electrons. The lowest BCUT2D eigenvalue weighted by atomic mass is 10.1. The molecule has 0 bridgehead atoms. The van der Waals surface area contributed by atoms with Crippen LogP contribution in [0, 0.1) is 0 Å². The van der Waals surface area contributed by atoms with E-state index in [9.17, 15) is 35.9 Å². The molecule has 0 fully saturated rings. The minimum Gasteiger partial charge on any atom is -0.376 e. The summed E-state index contributed by atoms with van der Waals surface area (Å²) >= 11 is 0. The zero-order chi connectivity index (χ0) is 24.9. The van der Waals surface area contributed by atoms with Gasteiger partial charge in [-0.3, -0.25) is 9.59 Å². The van der Waals surface area contributed by atoms with E-state index in [1.807, 2.05) is 0 Å². The highest BCUT2D eigenvalue weighted by molar-refractivity contribution is 6.05. The van der Waals surface area contributed by atoms with Crippen molar-refractivity contribution in [2.24, 2.45) is 0 Å². The second-order valence-corrected chi connectivity index (χ2v) is 7.09. The standard InChI is InChI=1S/C23H17F6N3O2/c24-22(25,26)15-5-2-8-18(11-15)31-20(33)13-30-17-7-1-4-14(10-17)21(34)32-19-9-3-6-16(12-19)23(27,28)29/h1-12,30H,13H2,(H,31,33)(H,32,34). The van der Waals surface area contributed by atoms with Crippen LogP contribution < -0.4 is 16.0 Å². The molecular weight excluding hydrogens is 464 g/mol. The fraction of sp³-hybridized carbons (Fsp3) is 0.130. The van der Waals surface area contributed by atoms with E-state index in [0.29, 0.717) is 5.69 Å². The minimum absolute atomic E-state index is 0.0316. The third-order valence-corrected chi connectivity index (χ3v) is 4.50. The molecule has 0 atom stereocenters. The number of carbonyl (C=O) groups excluding carboxylic acids is 2. The lowest BCUT2D eigenvalue weighted by molar-refractivity contribution is -0.138. The molecule has 3 rings (SSSR count). The second kappa shape index (κ2) is 9.86. The van der Waals surface area contributed by atoms with E-state index in [1.54, 1.807) is 6.07 Å². The van der Waals surface area contributed by atoms with Crippen LogP contribution in [0.5, 0.6) is 0 Å². The van der Waals surface area contributed by atoms with Gasteiger partial charge in [0.2, 0.25) is 5.91 Å². The van der Waals surface area contributed by atoms with Crippen molar-refractivity contribution in [3.63, 3.8) is 0 Å². The SMILES string of the molecule is O=C(CNc1cccc(C(=O)Nc2cccc(C(F)(F)F)c2)c1)Nc1cccc(C(F)(F)F)c1. The molecule has 3 aromatic rings. The molecule has 0 saturated carbocycles. The summed E-state index contributed by atoms with van der Waals surface area (Å²) in [5, 5.41) is 7.45. The summed E-state index contributed by atoms with van der Waals surface area (Å²) in [5.74, 6) is -1.30. The fourth-order valence-electron chi connectivity index (χ4n) is 2.91. The van der Waals surface area contributed by atoms with Crippen LogP contribution >= 0.6 is 0 Å². The predicted molar refractivity (Wildman–Crippen MR) is 114 cm³/mol. The highest BCUT2D eigenvalue weighted by atomic mass is 19.4. The quantitative estimate of drug-likeness (QED) is 0.377. The highest BCUT2D eigenvalue weighted by Crippen LogP contribution is 2.31. The lowest BCUT2D eigenvalue weighted by Crippen LogP contribution is -2.22. The van der Waals surface area contributed by atoms with E-state index in [2.05, 4.69) is 16.0 Å². The predicted octanol–water partition coefficient (Wildman–Crippen LogP) is 6.03. The Kier molecular flexibility index (Phi) is 7.14. The van der Waals surface area contributed by atoms with Gasteiger partial charge in [-0.05, 0) is 54.6 Å². The van der Waals surface area contributed by atoms with E-state index >= 15 is 0 Å². The fourth-order valence-corrected chi connectivity index (χ4v) is 2.91. The number of benzene rings is 3. The van der Waals surface area contributed by atoms with Gasteiger partial charge in [0.15, 0.2) is 0 Å². The second-order valence-electron chi connectivity index (χ2n) is 7.09. The van der Waals surface area contributed by atoms with Gasteiger partial charge >= 0.3 is 12.4 Å². The van der Waals surface area contributed by atoms with Crippen LogP contribution in [0.25, 0.3) is 0 Å². The van der Waals surface area contributed by atoms with Crippen molar-refractivity contribution in [2.75, 3.05) is 22.5 Å². The van der Waals surface area contributed by atoms with Crippen molar-refractivity contribution in [1.82, 2.24) is 0 Å². The molecule has 3 aromatic carbocycles. The van der Waals surface area contributed by atoms with Crippen LogP contribution in [-0.2, 0) is 17.1 Å². The van der Waals surface area contributed by atoms with Gasteiger partial charge in [-0.1, -0.05) is 18.2 Å². The number of nitrogens with one attached hydrogen (secondary N) is 3. The molecule has 11 heteroatoms. The Morgan fingerprint density at radius 1 is 0.647 bits per heavy atom. The molecule has 0 unspecified atom stereocenters. The average Bonchev–Trinajstić information content (AvgIpc) is 2.77. The minimum atomic E-state index is -4.56. The Hall–Kier alpha value is -4.02. The van der Waals surface area contributed by atoms with Crippen LogP contribution in [0.15, 0.2) is 72.8 Å². The van der Waals surface area contributed by atoms with Crippen LogP contribution in [-0.4, -0.2) is 18.4 Å². The van der Waals surface area contributed by atoms with Crippen LogP contribution in [0.2, 0.25) is 0 Å². The summed E-state index contributed by atoms with van der Waals surface area (Å²) < 4.78 is 76.9. The number of rotatable bonds is 6. The number of hydrogen-bond donors (Lipinski definition) is 3. The Balaban J connectivity index is 1.60. The molecule has 3 N–H and O–H groups in total. The molecule has 5 nitrogen and oxygen atoms in total. The van der Waals surface area contributed by atoms with Crippen molar-refractivity contribution in [3.05, 3.63) is 89.5 Å². The van der Waals surface area contributed by atoms with Crippen molar-refractivity contribution in [2.45, 2.75) is 12.4 Å². The van der Waals surface area contributed by atoms with E-state index in [1.165, 1.54) is 42.5 Å². The first-order chi connectivity index (χ1) is 15.9. The van der Waals surface area contributed by atoms with Crippen molar-refractivity contribution in [1.29, 1.82) is 0 Å². The first-order valence-corrected chi connectivity index (χ1v) is 9.71. The summed E-state index contributed by atoms with van der Waals surface area (Å²) in [6, 6.07) is 14.2. The zero-order valence-corrected chi connectivity index (χ0v) is 17.2. The molecule has 0 aliphatic carbocycles. The maximum atomic E-state index is 12.8. The Labute approximate surface area is 189 Å². The summed E-state index contributed by atoms with van der Waals surface area (Å²) in [7, 11) is 0. The van der Waals surface area contributed by atoms with Gasteiger partial charge in [-0.25, -0.2) is 0 Å². The van der Waals surface area contributed by atoms with Crippen LogP contribution in [0.3, 0.4) is 0 Å². The van der Waals surface area contributed by atoms with Gasteiger partial charge in [0.05, 0.1) is 17.7 Å². The third-order valence-electron chi connectivity index (χ3n) is 4.50. The average molecular weight is 481 g/mol. The van der Waals surface area contributed by atoms with Gasteiger partial charge < -0.3 is 16.0 Å². The molecule has 0 aliphatic heterocycles. The van der Waals surface area contributed by atoms with E-state index in [4.69, 9.17) is 0 Å². The van der Waals surface area contributed by atoms with Gasteiger partial charge in [0, 0.05) is 22.6 Å². The molecule has 2 amide bonds. The lowest BCUT2D eigenvalue weighted by Gasteiger charge is -2.12. The molecular formula is C23H17F6N3O2. The molecule has 0 spiro atoms. The topological polar surface area (TPSA) is 70.2 Å². The number of hydrogen-bond acceptors (Lipinski definition) is 3. The molecule has 0 radical (unpaired) electrons. The van der Waals surface area contributed by atoms with Gasteiger partial charge in [0.1, 0.15) is 0 Å². The summed E-state index contributed by atoms with van der Waals surface area (Å²) in [6.45, 7) is -0.311. The van der Waals surface area contributed by atoms with Crippen LogP contribution in [0.4, 0.5) is 43.4 Å². The number of amides is 2. The Bertz CT molecular complexity index is 1190. The zero-order valence-electron chi connectivity index (χ0n) is 17.2. The maximum Gasteiger partial charge on any atom is 0.416 e. The first kappa shape index (κ1) is 24.6. The largest absolute Gasteiger partial charge is 0.416 e. The number of anilines is 3. The van der Waals surface area contributed by atoms with Crippen molar-refractivity contribution < 1.29 is 35.9 Å². The monoisotopic (exact) mass is 481 g/mol. The molecule has 0 saturated heterocycles. The van der Waals surface area contributed by atoms with Crippen molar-refractivity contribution >= 4 is 28.9 Å². The van der Waals surface area contributed by atoms with Crippen molar-refractivity contribution in [3.8, 4) is 0 Å². The highest BCUT2D eigenvalue weighted by Gasteiger charge is 2.31. The molecule has 0 heterocycles. The third kappa shape index (κ3) is 6.74. The molecule has 34 heavy (non-hydrogen) atoms. The Morgan fingerprint density at radius 3 is 1.71 bits per heavy atom. The summed E-state index contributed by atoms with van der Waals surface area (Å²) in [6.07, 6.45) is -9.10. The van der Waals surface area contributed by atoms with E-state index in [0.717, 1.165) is 24.3 Å². The summed E-state index contributed by atoms with van der Waals surface area (Å²) in [5.41, 5.74) is -1.43. The van der Waals surface area contributed by atoms with E-state index < -0.39 is 35.3 Å². The number of carbonyl (C=O) groups is 2. The first-order valence-electron chi connectivity index (χ1n) is 9.71. The Morgan fingerprint density at radius 2 is 1.15 bits per heavy atom. The summed E-state index contributed by atoms with van der Waals surface area (Å²) in [4.78, 5) is 24.5. The van der Waals surface area contributed by atoms with Gasteiger partial charge in [-0.2, -0.15) is 26.3 Å². The van der Waals surface area contributed by atoms with Crippen LogP contribution in [0.1, 0.15) is 21.5 Å². The smallest absolute Gasteiger partial charge is 0.376 e. The normalized spacial score (nSPS) is 11.6. The van der Waals surface area contributed by atoms with Gasteiger partial charge in [-0.15, -0.1) is 0 Å². The number of alkyl halides is 6. The van der Waals surface area contributed by atoms with E-state index in [-0.39, 0.29) is 23.5 Å². The number of halogens is 6. The molecule has 0 aromatic heterocycles. The maximum absolute atomic E-state index is 12.8. The molecule has 0 aliphatic rings.